The second-order valence-electron chi connectivity index (χ2n) is 27.7. The molecular weight excluding hydrogens is 1200 g/mol. The molecule has 0 saturated heterocycles. The number of aryl methyl sites for hydroxylation is 10. The van der Waals surface area contributed by atoms with Crippen molar-refractivity contribution < 1.29 is 13.7 Å². The van der Waals surface area contributed by atoms with Crippen LogP contribution in [0.4, 0.5) is 0 Å². The zero-order valence-corrected chi connectivity index (χ0v) is 59.0. The van der Waals surface area contributed by atoms with Crippen LogP contribution in [0.5, 0.6) is 0 Å². The summed E-state index contributed by atoms with van der Waals surface area (Å²) in [6.07, 6.45) is 12.2. The van der Waals surface area contributed by atoms with Crippen molar-refractivity contribution in [1.82, 2.24) is 0 Å². The quantitative estimate of drug-likeness (QED) is 0.121. The van der Waals surface area contributed by atoms with Crippen LogP contribution in [-0.4, -0.2) is 0 Å². The largest absolute Gasteiger partial charge is 0.213 e. The number of hydrogen-bond acceptors (Lipinski definition) is 0. The van der Waals surface area contributed by atoms with Gasteiger partial charge in [0.15, 0.2) is 18.6 Å². The Morgan fingerprint density at radius 3 is 0.838 bits per heavy atom. The summed E-state index contributed by atoms with van der Waals surface area (Å²) in [5, 5.41) is 7.64. The minimum Gasteiger partial charge on any atom is -0.201 e. The Bertz CT molecular complexity index is 5480. The van der Waals surface area contributed by atoms with Crippen molar-refractivity contribution in [3.8, 4) is 101 Å². The molecule has 0 radical (unpaired) electrons. The molecule has 12 aromatic carbocycles. The van der Waals surface area contributed by atoms with Gasteiger partial charge in [0.2, 0.25) is 17.1 Å². The van der Waals surface area contributed by atoms with Crippen LogP contribution in [0.2, 0.25) is 0 Å². The fraction of sp³-hybridized carbons (Fsp3) is 0.156. The molecule has 15 aromatic rings. The third-order valence-electron chi connectivity index (χ3n) is 20.7. The molecular formula is C96H88N3+3. The highest BCUT2D eigenvalue weighted by Gasteiger charge is 2.22. The number of rotatable bonds is 10. The highest BCUT2D eigenvalue weighted by Crippen LogP contribution is 2.39. The van der Waals surface area contributed by atoms with Gasteiger partial charge in [-0.05, 0) is 243 Å². The van der Waals surface area contributed by atoms with Crippen LogP contribution in [0.15, 0.2) is 298 Å². The average molecular weight is 1280 g/mol. The lowest BCUT2D eigenvalue weighted by atomic mass is 9.93. The van der Waals surface area contributed by atoms with Crippen molar-refractivity contribution in [3.63, 3.8) is 0 Å². The number of aromatic nitrogens is 3. The normalized spacial score (nSPS) is 12.1. The predicted octanol–water partition coefficient (Wildman–Crippen LogP) is 23.8. The van der Waals surface area contributed by atoms with Crippen LogP contribution in [0.3, 0.4) is 0 Å². The number of nitrogens with zero attached hydrogens (tertiary/aromatic N) is 3. The van der Waals surface area contributed by atoms with Gasteiger partial charge in [-0.15, -0.1) is 0 Å². The van der Waals surface area contributed by atoms with E-state index in [0.29, 0.717) is 0 Å². The van der Waals surface area contributed by atoms with Crippen LogP contribution < -0.4 is 13.7 Å². The Kier molecular flexibility index (Phi) is 18.8. The maximum atomic E-state index is 2.35. The number of hydrogen-bond donors (Lipinski definition) is 0. The van der Waals surface area contributed by atoms with E-state index in [2.05, 4.69) is 381 Å². The summed E-state index contributed by atoms with van der Waals surface area (Å²) < 4.78 is 6.71. The minimum absolute atomic E-state index is 0.768. The van der Waals surface area contributed by atoms with Crippen molar-refractivity contribution in [2.75, 3.05) is 0 Å². The lowest BCUT2D eigenvalue weighted by molar-refractivity contribution is -0.660. The zero-order valence-electron chi connectivity index (χ0n) is 59.0. The molecule has 0 aliphatic heterocycles. The van der Waals surface area contributed by atoms with Gasteiger partial charge in [0, 0.05) is 51.6 Å². The van der Waals surface area contributed by atoms with Gasteiger partial charge in [-0.2, -0.15) is 0 Å². The van der Waals surface area contributed by atoms with Gasteiger partial charge in [-0.3, -0.25) is 0 Å². The van der Waals surface area contributed by atoms with Crippen molar-refractivity contribution >= 4 is 32.3 Å². The summed E-state index contributed by atoms with van der Waals surface area (Å²) in [5.74, 6) is 0.768. The molecule has 99 heavy (non-hydrogen) atoms. The van der Waals surface area contributed by atoms with E-state index in [0.717, 1.165) is 5.92 Å². The Labute approximate surface area is 586 Å². The van der Waals surface area contributed by atoms with E-state index < -0.39 is 0 Å². The van der Waals surface area contributed by atoms with E-state index in [1.54, 1.807) is 0 Å². The fourth-order valence-corrected chi connectivity index (χ4v) is 15.0. The smallest absolute Gasteiger partial charge is 0.201 e. The van der Waals surface area contributed by atoms with E-state index in [-0.39, 0.29) is 0 Å². The Balaban J connectivity index is 0.000000127. The monoisotopic (exact) mass is 1280 g/mol. The van der Waals surface area contributed by atoms with Crippen LogP contribution in [-0.2, 0) is 21.1 Å². The first kappa shape index (κ1) is 65.2. The van der Waals surface area contributed by atoms with Crippen LogP contribution in [0.25, 0.3) is 133 Å². The van der Waals surface area contributed by atoms with E-state index in [1.807, 2.05) is 0 Å². The fourth-order valence-electron chi connectivity index (χ4n) is 15.0. The van der Waals surface area contributed by atoms with Gasteiger partial charge in [-0.25, -0.2) is 13.7 Å². The molecule has 1 aliphatic rings. The first-order valence-electron chi connectivity index (χ1n) is 35.2. The lowest BCUT2D eigenvalue weighted by Crippen LogP contribution is -2.31. The maximum absolute atomic E-state index is 2.35. The Morgan fingerprint density at radius 1 is 0.232 bits per heavy atom. The van der Waals surface area contributed by atoms with E-state index in [4.69, 9.17) is 0 Å². The van der Waals surface area contributed by atoms with Gasteiger partial charge in [0.1, 0.15) is 21.1 Å². The molecule has 1 saturated carbocycles. The molecule has 3 nitrogen and oxygen atoms in total. The summed E-state index contributed by atoms with van der Waals surface area (Å²) in [7, 11) is 6.40. The SMILES string of the molecule is Cc1c[n+](C)c(-c2ccccc2C)cc1-c1ccc2cc(-c3ccc(C4CCCC4)cc3)ccc2c1.Cc1c[n+](C)c(-c2ccccc2C)cc1-c1ccc2cc(-c3ccccc3)ccc2c1.Cc1ccc(-c2ccc3cc(-c4cc(-c5ccccc5C)[n+](C)cc4C)ccc3c2)cc1. The van der Waals surface area contributed by atoms with Crippen LogP contribution in [0, 0.1) is 48.5 Å². The Morgan fingerprint density at radius 2 is 0.505 bits per heavy atom. The topological polar surface area (TPSA) is 11.6 Å². The summed E-state index contributed by atoms with van der Waals surface area (Å²) in [4.78, 5) is 0. The van der Waals surface area contributed by atoms with Crippen molar-refractivity contribution in [1.29, 1.82) is 0 Å². The first-order valence-corrected chi connectivity index (χ1v) is 35.2. The number of fused-ring (bicyclic) bond motifs is 3. The average Bonchev–Trinajstić information content (AvgIpc) is 1.34. The lowest BCUT2D eigenvalue weighted by Gasteiger charge is -2.12. The maximum Gasteiger partial charge on any atom is 0.213 e. The molecule has 0 spiro atoms. The number of pyridine rings is 3. The summed E-state index contributed by atoms with van der Waals surface area (Å²) in [5.41, 5.74) is 33.3. The molecule has 16 rings (SSSR count). The summed E-state index contributed by atoms with van der Waals surface area (Å²) >= 11 is 0. The molecule has 3 heterocycles. The predicted molar refractivity (Wildman–Crippen MR) is 419 cm³/mol. The van der Waals surface area contributed by atoms with Gasteiger partial charge >= 0.3 is 0 Å². The van der Waals surface area contributed by atoms with Gasteiger partial charge in [-0.1, -0.05) is 225 Å². The van der Waals surface area contributed by atoms with Crippen LogP contribution in [0.1, 0.15) is 76.1 Å². The van der Waals surface area contributed by atoms with Gasteiger partial charge < -0.3 is 0 Å². The molecule has 0 atom stereocenters. The molecule has 0 bridgehead atoms. The van der Waals surface area contributed by atoms with Crippen molar-refractivity contribution in [2.45, 2.75) is 80.1 Å². The standard InChI is InChI=1S/C35H34N.C31H28N.C30H26N/c1-24-8-4-7-11-33(24)35-22-34(25(2)23-36(35)3)32-19-18-30-20-29(16-17-31(30)21-32)28-14-12-27(13-15-28)26-9-5-6-10-26;1-21-9-11-24(12-10-21)25-13-14-27-18-28(16-15-26(27)17-25)30-19-31(32(4)20-23(30)3)29-8-6-5-7-22(29)2;1-21-9-7-8-12-28(21)30-19-29(22(2)20-31(30)3)27-16-15-25-17-24(13-14-26(25)18-27)23-10-5-4-6-11-23/h4,7-8,11-23,26H,5-6,9-10H2,1-3H3;5-20H,1-4H3;4-20H,1-3H3/q3*+1. The van der Waals surface area contributed by atoms with Crippen molar-refractivity contribution in [3.05, 3.63) is 342 Å². The second-order valence-corrected chi connectivity index (χ2v) is 27.7. The Hall–Kier alpha value is -11.1. The third-order valence-corrected chi connectivity index (χ3v) is 20.7. The second kappa shape index (κ2) is 28.5. The molecule has 3 aromatic heterocycles. The first-order chi connectivity index (χ1) is 48.2. The van der Waals surface area contributed by atoms with Gasteiger partial charge in [0.05, 0.1) is 0 Å². The van der Waals surface area contributed by atoms with E-state index in [9.17, 15) is 0 Å². The molecule has 1 aliphatic carbocycles. The minimum atomic E-state index is 0.768. The molecule has 484 valence electrons. The number of benzene rings is 12. The molecule has 0 N–H and O–H groups in total. The highest BCUT2D eigenvalue weighted by molar-refractivity contribution is 5.94. The molecule has 3 heteroatoms. The van der Waals surface area contributed by atoms with Crippen molar-refractivity contribution in [2.24, 2.45) is 21.1 Å². The van der Waals surface area contributed by atoms with Gasteiger partial charge in [0.25, 0.3) is 0 Å². The molecule has 0 unspecified atom stereocenters. The zero-order chi connectivity index (χ0) is 68.3. The summed E-state index contributed by atoms with van der Waals surface area (Å²) in [6.45, 7) is 15.3. The van der Waals surface area contributed by atoms with E-state index >= 15 is 0 Å². The molecule has 0 amide bonds. The van der Waals surface area contributed by atoms with Crippen LogP contribution >= 0.6 is 0 Å². The van der Waals surface area contributed by atoms with E-state index in [1.165, 1.54) is 203 Å². The molecule has 1 fully saturated rings. The highest BCUT2D eigenvalue weighted by atomic mass is 14.9. The third kappa shape index (κ3) is 14.1. The summed E-state index contributed by atoms with van der Waals surface area (Å²) in [6, 6.07) is 102.